The summed E-state index contributed by atoms with van der Waals surface area (Å²) >= 11 is 6.81. The van der Waals surface area contributed by atoms with Gasteiger partial charge in [0.1, 0.15) is 27.2 Å². The number of halogens is 1. The maximum Gasteiger partial charge on any atom is 0.347 e. The highest BCUT2D eigenvalue weighted by Crippen LogP contribution is 2.33. The minimum absolute atomic E-state index is 0.107. The van der Waals surface area contributed by atoms with Crippen LogP contribution in [-0.4, -0.2) is 28.3 Å². The molecule has 5 nitrogen and oxygen atoms in total. The lowest BCUT2D eigenvalue weighted by Crippen LogP contribution is -2.12. The van der Waals surface area contributed by atoms with E-state index < -0.39 is 11.8 Å². The van der Waals surface area contributed by atoms with Crippen molar-refractivity contribution in [3.8, 4) is 33.1 Å². The molecule has 0 atom stereocenters. The number of benzene rings is 3. The summed E-state index contributed by atoms with van der Waals surface area (Å²) in [5.41, 5.74) is 2.88. The standard InChI is InChI=1S/C28H19FN2O3S4/c1-36-22-11-7-18(8-12-22)27-26(23(13-14-32)30-31(27)20-4-2-3-19(29)15-20)28(33)34-21-9-5-17(6-10-21)24-16-25(35)38-37-24/h2-12,14-16H,13H2,1H3. The summed E-state index contributed by atoms with van der Waals surface area (Å²) in [7, 11) is 3.12. The van der Waals surface area contributed by atoms with Gasteiger partial charge in [0, 0.05) is 21.8 Å². The second kappa shape index (κ2) is 11.5. The first-order valence-electron chi connectivity index (χ1n) is 11.4. The first-order valence-corrected chi connectivity index (χ1v) is 15.1. The van der Waals surface area contributed by atoms with Crippen LogP contribution in [0.3, 0.4) is 0 Å². The van der Waals surface area contributed by atoms with E-state index in [9.17, 15) is 14.0 Å². The molecule has 10 heteroatoms. The third-order valence-electron chi connectivity index (χ3n) is 5.67. The van der Waals surface area contributed by atoms with Gasteiger partial charge in [0.05, 0.1) is 17.1 Å². The number of aldehydes is 1. The molecule has 0 N–H and O–H groups in total. The molecule has 0 aliphatic heterocycles. The molecule has 0 aliphatic rings. The van der Waals surface area contributed by atoms with E-state index in [1.165, 1.54) is 27.2 Å². The van der Waals surface area contributed by atoms with Crippen LogP contribution in [0.4, 0.5) is 4.39 Å². The van der Waals surface area contributed by atoms with Gasteiger partial charge in [-0.15, -0.1) is 11.8 Å². The SMILES string of the molecule is CSc1ccc(-c2c(C(=O)Oc3ccc(-c4cc(=S)ss4)cc3)c(CC=O)nn2-c2cccc(F)c2)cc1. The van der Waals surface area contributed by atoms with E-state index >= 15 is 0 Å². The first kappa shape index (κ1) is 26.2. The number of nitrogens with zero attached hydrogens (tertiary/aromatic N) is 2. The van der Waals surface area contributed by atoms with Crippen molar-refractivity contribution in [2.45, 2.75) is 11.3 Å². The van der Waals surface area contributed by atoms with Gasteiger partial charge in [0.15, 0.2) is 0 Å². The van der Waals surface area contributed by atoms with E-state index in [4.69, 9.17) is 17.0 Å². The van der Waals surface area contributed by atoms with Crippen LogP contribution >= 0.6 is 44.7 Å². The average Bonchev–Trinajstić information content (AvgIpc) is 3.53. The Labute approximate surface area is 234 Å². The van der Waals surface area contributed by atoms with Gasteiger partial charge in [-0.05, 0) is 72.5 Å². The Hall–Kier alpha value is -3.44. The second-order valence-corrected chi connectivity index (χ2v) is 11.9. The Morgan fingerprint density at radius 1 is 1.05 bits per heavy atom. The Morgan fingerprint density at radius 2 is 1.79 bits per heavy atom. The number of hydrogen-bond donors (Lipinski definition) is 0. The quantitative estimate of drug-likeness (QED) is 0.0466. The summed E-state index contributed by atoms with van der Waals surface area (Å²) < 4.78 is 22.2. The lowest BCUT2D eigenvalue weighted by molar-refractivity contribution is -0.107. The molecule has 38 heavy (non-hydrogen) atoms. The lowest BCUT2D eigenvalue weighted by atomic mass is 10.0. The molecule has 0 fully saturated rings. The predicted octanol–water partition coefficient (Wildman–Crippen LogP) is 7.88. The third-order valence-corrected chi connectivity index (χ3v) is 9.32. The molecule has 0 aliphatic carbocycles. The van der Waals surface area contributed by atoms with Crippen molar-refractivity contribution >= 4 is 56.9 Å². The Bertz CT molecular complexity index is 1670. The van der Waals surface area contributed by atoms with Gasteiger partial charge in [-0.2, -0.15) is 5.10 Å². The van der Waals surface area contributed by atoms with E-state index in [0.29, 0.717) is 29.0 Å². The Balaban J connectivity index is 1.59. The maximum atomic E-state index is 14.1. The number of carbonyl (C=O) groups excluding carboxylic acids is 2. The highest BCUT2D eigenvalue weighted by atomic mass is 32.9. The van der Waals surface area contributed by atoms with Crippen LogP contribution in [0.2, 0.25) is 0 Å². The van der Waals surface area contributed by atoms with E-state index in [1.54, 1.807) is 46.4 Å². The molecule has 0 saturated carbocycles. The molecule has 190 valence electrons. The molecule has 3 aromatic carbocycles. The van der Waals surface area contributed by atoms with Crippen molar-refractivity contribution in [3.63, 3.8) is 0 Å². The minimum Gasteiger partial charge on any atom is -0.423 e. The van der Waals surface area contributed by atoms with Gasteiger partial charge in [-0.1, -0.05) is 51.1 Å². The van der Waals surface area contributed by atoms with E-state index in [-0.39, 0.29) is 17.7 Å². The second-order valence-electron chi connectivity index (χ2n) is 8.07. The topological polar surface area (TPSA) is 61.2 Å². The number of ether oxygens (including phenoxy) is 1. The molecule has 0 amide bonds. The fourth-order valence-electron chi connectivity index (χ4n) is 3.93. The van der Waals surface area contributed by atoms with Crippen molar-refractivity contribution in [2.75, 3.05) is 6.26 Å². The molecular weight excluding hydrogens is 560 g/mol. The summed E-state index contributed by atoms with van der Waals surface area (Å²) in [6.45, 7) is 0. The van der Waals surface area contributed by atoms with Gasteiger partial charge in [-0.25, -0.2) is 13.9 Å². The van der Waals surface area contributed by atoms with Crippen molar-refractivity contribution in [3.05, 3.63) is 99.8 Å². The van der Waals surface area contributed by atoms with Gasteiger partial charge >= 0.3 is 5.97 Å². The van der Waals surface area contributed by atoms with Crippen LogP contribution in [0.25, 0.3) is 27.4 Å². The number of carbonyl (C=O) groups is 2. The van der Waals surface area contributed by atoms with Crippen LogP contribution in [-0.2, 0) is 11.2 Å². The highest BCUT2D eigenvalue weighted by molar-refractivity contribution is 7.98. The molecule has 0 unspecified atom stereocenters. The number of hydrogen-bond acceptors (Lipinski definition) is 8. The molecule has 2 heterocycles. The van der Waals surface area contributed by atoms with Gasteiger partial charge in [0.2, 0.25) is 0 Å². The van der Waals surface area contributed by atoms with Crippen LogP contribution in [0.5, 0.6) is 5.75 Å². The van der Waals surface area contributed by atoms with Gasteiger partial charge < -0.3 is 9.53 Å². The van der Waals surface area contributed by atoms with Crippen LogP contribution in [0, 0.1) is 9.64 Å². The lowest BCUT2D eigenvalue weighted by Gasteiger charge is -2.11. The molecule has 0 bridgehead atoms. The fraction of sp³-hybridized carbons (Fsp3) is 0.0714. The summed E-state index contributed by atoms with van der Waals surface area (Å²) in [5.74, 6) is -0.762. The predicted molar refractivity (Wildman–Crippen MR) is 154 cm³/mol. The molecule has 0 radical (unpaired) electrons. The van der Waals surface area contributed by atoms with E-state index in [0.717, 1.165) is 19.2 Å². The number of rotatable bonds is 8. The average molecular weight is 579 g/mol. The van der Waals surface area contributed by atoms with Crippen molar-refractivity contribution < 1.29 is 18.7 Å². The van der Waals surface area contributed by atoms with Crippen molar-refractivity contribution in [1.82, 2.24) is 9.78 Å². The molecule has 0 saturated heterocycles. The van der Waals surface area contributed by atoms with E-state index in [1.807, 2.05) is 48.7 Å². The zero-order chi connectivity index (χ0) is 26.6. The summed E-state index contributed by atoms with van der Waals surface area (Å²) in [5, 5.41) is 4.55. The molecule has 5 aromatic rings. The largest absolute Gasteiger partial charge is 0.423 e. The third kappa shape index (κ3) is 5.53. The molecule has 2 aromatic heterocycles. The summed E-state index contributed by atoms with van der Waals surface area (Å²) in [6.07, 6.45) is 2.54. The van der Waals surface area contributed by atoms with Gasteiger partial charge in [-0.3, -0.25) is 0 Å². The summed E-state index contributed by atoms with van der Waals surface area (Å²) in [6, 6.07) is 22.6. The Kier molecular flexibility index (Phi) is 7.94. The zero-order valence-corrected chi connectivity index (χ0v) is 23.2. The summed E-state index contributed by atoms with van der Waals surface area (Å²) in [4.78, 5) is 27.2. The normalized spacial score (nSPS) is 10.9. The van der Waals surface area contributed by atoms with Crippen LogP contribution < -0.4 is 4.74 Å². The maximum absolute atomic E-state index is 14.1. The first-order chi connectivity index (χ1) is 18.5. The fourth-order valence-corrected chi connectivity index (χ4v) is 6.74. The van der Waals surface area contributed by atoms with Crippen LogP contribution in [0.15, 0.2) is 83.8 Å². The number of thioether (sulfide) groups is 1. The van der Waals surface area contributed by atoms with Crippen LogP contribution in [0.1, 0.15) is 16.1 Å². The molecule has 5 rings (SSSR count). The molecule has 0 spiro atoms. The van der Waals surface area contributed by atoms with Crippen molar-refractivity contribution in [1.29, 1.82) is 0 Å². The zero-order valence-electron chi connectivity index (χ0n) is 19.9. The number of aromatic nitrogens is 2. The Morgan fingerprint density at radius 3 is 2.42 bits per heavy atom. The monoisotopic (exact) mass is 578 g/mol. The van der Waals surface area contributed by atoms with Crippen molar-refractivity contribution in [2.24, 2.45) is 0 Å². The minimum atomic E-state index is -0.660. The van der Waals surface area contributed by atoms with Gasteiger partial charge in [0.25, 0.3) is 0 Å². The smallest absolute Gasteiger partial charge is 0.347 e. The molecular formula is C28H19FN2O3S4. The highest BCUT2D eigenvalue weighted by Gasteiger charge is 2.27. The van der Waals surface area contributed by atoms with E-state index in [2.05, 4.69) is 5.10 Å². The number of esters is 1.